The highest BCUT2D eigenvalue weighted by atomic mass is 16.5. The molecule has 0 amide bonds. The molecule has 0 aliphatic carbocycles. The van der Waals surface area contributed by atoms with Crippen LogP contribution < -0.4 is 4.74 Å². The smallest absolute Gasteiger partial charge is 0.118 e. The fourth-order valence-corrected chi connectivity index (χ4v) is 1.92. The molecule has 1 aromatic carbocycles. The fraction of sp³-hybridized carbons (Fsp3) is 0.625. The van der Waals surface area contributed by atoms with E-state index in [-0.39, 0.29) is 6.10 Å². The lowest BCUT2D eigenvalue weighted by Gasteiger charge is -2.20. The summed E-state index contributed by atoms with van der Waals surface area (Å²) in [5.41, 5.74) is 0.858. The van der Waals surface area contributed by atoms with Crippen molar-refractivity contribution in [3.8, 4) is 5.75 Å². The average molecular weight is 266 g/mol. The molecule has 0 aliphatic heterocycles. The predicted molar refractivity (Wildman–Crippen MR) is 77.4 cm³/mol. The zero-order valence-corrected chi connectivity index (χ0v) is 12.4. The Bertz CT molecular complexity index is 346. The van der Waals surface area contributed by atoms with E-state index in [2.05, 4.69) is 13.8 Å². The molecule has 0 radical (unpaired) electrons. The lowest BCUT2D eigenvalue weighted by Crippen LogP contribution is -2.19. The first-order chi connectivity index (χ1) is 9.04. The van der Waals surface area contributed by atoms with Crippen molar-refractivity contribution >= 4 is 0 Å². The molecule has 108 valence electrons. The van der Waals surface area contributed by atoms with E-state index in [4.69, 9.17) is 9.47 Å². The summed E-state index contributed by atoms with van der Waals surface area (Å²) in [5.74, 6) is 1.49. The zero-order chi connectivity index (χ0) is 14.3. The van der Waals surface area contributed by atoms with Gasteiger partial charge in [-0.15, -0.1) is 0 Å². The zero-order valence-electron chi connectivity index (χ0n) is 12.4. The Morgan fingerprint density at radius 2 is 1.74 bits per heavy atom. The summed E-state index contributed by atoms with van der Waals surface area (Å²) < 4.78 is 10.8. The number of ether oxygens (including phenoxy) is 2. The normalized spacial score (nSPS) is 14.4. The number of benzene rings is 1. The molecule has 0 aliphatic rings. The Balaban J connectivity index is 2.40. The maximum atomic E-state index is 10.2. The largest absolute Gasteiger partial charge is 0.497 e. The van der Waals surface area contributed by atoms with E-state index in [1.165, 1.54) is 0 Å². The van der Waals surface area contributed by atoms with Crippen LogP contribution in [0.3, 0.4) is 0 Å². The third-order valence-electron chi connectivity index (χ3n) is 3.21. The van der Waals surface area contributed by atoms with Crippen LogP contribution in [0.4, 0.5) is 0 Å². The molecule has 1 N–H and O–H groups in total. The third-order valence-corrected chi connectivity index (χ3v) is 3.21. The van der Waals surface area contributed by atoms with Gasteiger partial charge in [0.05, 0.1) is 13.2 Å². The van der Waals surface area contributed by atoms with E-state index in [1.54, 1.807) is 7.11 Å². The van der Waals surface area contributed by atoms with Crippen molar-refractivity contribution in [2.45, 2.75) is 45.8 Å². The molecule has 0 saturated carbocycles. The minimum atomic E-state index is -0.593. The van der Waals surface area contributed by atoms with Crippen molar-refractivity contribution in [1.29, 1.82) is 0 Å². The average Bonchev–Trinajstić information content (AvgIpc) is 2.42. The number of aliphatic hydroxyl groups excluding tert-OH is 1. The number of aliphatic hydroxyl groups is 1. The van der Waals surface area contributed by atoms with Crippen molar-refractivity contribution in [2.75, 3.05) is 13.7 Å². The first kappa shape index (κ1) is 16.0. The van der Waals surface area contributed by atoms with E-state index >= 15 is 0 Å². The molecule has 3 nitrogen and oxygen atoms in total. The highest BCUT2D eigenvalue weighted by Gasteiger charge is 2.16. The summed E-state index contributed by atoms with van der Waals surface area (Å²) in [7, 11) is 1.63. The Kier molecular flexibility index (Phi) is 6.89. The SMILES string of the molecule is COc1ccc(C(O)C(C)OCCCC(C)C)cc1. The van der Waals surface area contributed by atoms with E-state index in [9.17, 15) is 5.11 Å². The van der Waals surface area contributed by atoms with Crippen molar-refractivity contribution in [3.63, 3.8) is 0 Å². The number of rotatable bonds is 8. The molecular weight excluding hydrogens is 240 g/mol. The van der Waals surface area contributed by atoms with Gasteiger partial charge in [-0.1, -0.05) is 26.0 Å². The molecule has 1 rings (SSSR count). The molecule has 3 heteroatoms. The van der Waals surface area contributed by atoms with E-state index in [0.29, 0.717) is 12.5 Å². The van der Waals surface area contributed by atoms with Crippen LogP contribution in [0.25, 0.3) is 0 Å². The van der Waals surface area contributed by atoms with Crippen LogP contribution in [-0.2, 0) is 4.74 Å². The van der Waals surface area contributed by atoms with E-state index in [1.807, 2.05) is 31.2 Å². The van der Waals surface area contributed by atoms with Crippen LogP contribution in [0, 0.1) is 5.92 Å². The van der Waals surface area contributed by atoms with Gasteiger partial charge in [-0.25, -0.2) is 0 Å². The highest BCUT2D eigenvalue weighted by Crippen LogP contribution is 2.22. The first-order valence-electron chi connectivity index (χ1n) is 6.98. The number of hydrogen-bond acceptors (Lipinski definition) is 3. The maximum absolute atomic E-state index is 10.2. The van der Waals surface area contributed by atoms with Crippen molar-refractivity contribution in [1.82, 2.24) is 0 Å². The van der Waals surface area contributed by atoms with Gasteiger partial charge in [-0.2, -0.15) is 0 Å². The standard InChI is InChI=1S/C16H26O3/c1-12(2)6-5-11-19-13(3)16(17)14-7-9-15(18-4)10-8-14/h7-10,12-13,16-17H,5-6,11H2,1-4H3. The Labute approximate surface area is 116 Å². The summed E-state index contributed by atoms with van der Waals surface area (Å²) in [6.07, 6.45) is 1.41. The molecule has 2 unspecified atom stereocenters. The summed E-state index contributed by atoms with van der Waals surface area (Å²) in [6.45, 7) is 7.02. The lowest BCUT2D eigenvalue weighted by atomic mass is 10.1. The van der Waals surface area contributed by atoms with Gasteiger partial charge in [0.1, 0.15) is 11.9 Å². The minimum Gasteiger partial charge on any atom is -0.497 e. The van der Waals surface area contributed by atoms with Gasteiger partial charge in [0.15, 0.2) is 0 Å². The second-order valence-corrected chi connectivity index (χ2v) is 5.33. The second-order valence-electron chi connectivity index (χ2n) is 5.33. The van der Waals surface area contributed by atoms with Crippen LogP contribution in [0.15, 0.2) is 24.3 Å². The Hall–Kier alpha value is -1.06. The molecule has 0 spiro atoms. The van der Waals surface area contributed by atoms with Gasteiger partial charge in [0.2, 0.25) is 0 Å². The second kappa shape index (κ2) is 8.18. The molecular formula is C16H26O3. The number of methoxy groups -OCH3 is 1. The van der Waals surface area contributed by atoms with E-state index in [0.717, 1.165) is 24.2 Å². The van der Waals surface area contributed by atoms with Gasteiger partial charge in [-0.3, -0.25) is 0 Å². The molecule has 0 aromatic heterocycles. The van der Waals surface area contributed by atoms with Crippen LogP contribution in [0.5, 0.6) is 5.75 Å². The van der Waals surface area contributed by atoms with Crippen molar-refractivity contribution in [3.05, 3.63) is 29.8 Å². The molecule has 0 fully saturated rings. The van der Waals surface area contributed by atoms with Gasteiger partial charge >= 0.3 is 0 Å². The van der Waals surface area contributed by atoms with Crippen molar-refractivity contribution < 1.29 is 14.6 Å². The predicted octanol–water partition coefficient (Wildman–Crippen LogP) is 3.57. The molecule has 0 saturated heterocycles. The molecule has 0 heterocycles. The minimum absolute atomic E-state index is 0.194. The van der Waals surface area contributed by atoms with Crippen LogP contribution >= 0.6 is 0 Å². The van der Waals surface area contributed by atoms with Crippen LogP contribution in [0.1, 0.15) is 45.3 Å². The van der Waals surface area contributed by atoms with Crippen LogP contribution in [-0.4, -0.2) is 24.9 Å². The number of hydrogen-bond donors (Lipinski definition) is 1. The van der Waals surface area contributed by atoms with Gasteiger partial charge in [0, 0.05) is 6.61 Å². The highest BCUT2D eigenvalue weighted by molar-refractivity contribution is 5.28. The Morgan fingerprint density at radius 1 is 1.11 bits per heavy atom. The Morgan fingerprint density at radius 3 is 2.26 bits per heavy atom. The van der Waals surface area contributed by atoms with Crippen molar-refractivity contribution in [2.24, 2.45) is 5.92 Å². The lowest BCUT2D eigenvalue weighted by molar-refractivity contribution is -0.0296. The van der Waals surface area contributed by atoms with Gasteiger partial charge < -0.3 is 14.6 Å². The summed E-state index contributed by atoms with van der Waals surface area (Å²) >= 11 is 0. The third kappa shape index (κ3) is 5.62. The maximum Gasteiger partial charge on any atom is 0.118 e. The van der Waals surface area contributed by atoms with Gasteiger partial charge in [-0.05, 0) is 43.4 Å². The molecule has 2 atom stereocenters. The van der Waals surface area contributed by atoms with Gasteiger partial charge in [0.25, 0.3) is 0 Å². The van der Waals surface area contributed by atoms with Crippen LogP contribution in [0.2, 0.25) is 0 Å². The fourth-order valence-electron chi connectivity index (χ4n) is 1.92. The van der Waals surface area contributed by atoms with E-state index < -0.39 is 6.10 Å². The molecule has 19 heavy (non-hydrogen) atoms. The summed E-state index contributed by atoms with van der Waals surface area (Å²) in [6, 6.07) is 7.45. The first-order valence-corrected chi connectivity index (χ1v) is 6.98. The topological polar surface area (TPSA) is 38.7 Å². The molecule has 0 bridgehead atoms. The summed E-state index contributed by atoms with van der Waals surface area (Å²) in [5, 5.41) is 10.2. The monoisotopic (exact) mass is 266 g/mol. The summed E-state index contributed by atoms with van der Waals surface area (Å²) in [4.78, 5) is 0. The quantitative estimate of drug-likeness (QED) is 0.731. The molecule has 1 aromatic rings.